The quantitative estimate of drug-likeness (QED) is 0.416. The summed E-state index contributed by atoms with van der Waals surface area (Å²) < 4.78 is 46.5. The van der Waals surface area contributed by atoms with Gasteiger partial charge in [0.2, 0.25) is 11.7 Å². The number of aromatic nitrogens is 2. The Bertz CT molecular complexity index is 905. The first-order chi connectivity index (χ1) is 13.2. The zero-order chi connectivity index (χ0) is 20.6. The minimum atomic E-state index is -4.53. The molecule has 0 spiro atoms. The van der Waals surface area contributed by atoms with Gasteiger partial charge in [0.15, 0.2) is 0 Å². The van der Waals surface area contributed by atoms with Crippen LogP contribution in [-0.2, 0) is 18.0 Å². The van der Waals surface area contributed by atoms with Gasteiger partial charge in [0.05, 0.1) is 17.9 Å². The molecule has 1 aliphatic rings. The number of aryl methyl sites for hydroxylation is 1. The number of nitrogens with zero attached hydrogens (tertiary/aromatic N) is 2. The number of aromatic hydroxyl groups is 1. The van der Waals surface area contributed by atoms with Crippen LogP contribution in [-0.4, -0.2) is 40.1 Å². The fraction of sp³-hybridized carbons (Fsp3) is 0.474. The maximum atomic E-state index is 13.5. The molecule has 0 aliphatic heterocycles. The van der Waals surface area contributed by atoms with Crippen molar-refractivity contribution in [1.82, 2.24) is 9.78 Å². The lowest BCUT2D eigenvalue weighted by atomic mass is 9.96. The second kappa shape index (κ2) is 7.79. The van der Waals surface area contributed by atoms with E-state index in [1.165, 1.54) is 31.8 Å². The summed E-state index contributed by atoms with van der Waals surface area (Å²) in [5.41, 5.74) is 0.197. The Balaban J connectivity index is 2.07. The van der Waals surface area contributed by atoms with Gasteiger partial charge >= 0.3 is 6.18 Å². The molecule has 0 amide bonds. The molecule has 2 aromatic rings. The highest BCUT2D eigenvalue weighted by atomic mass is 32.2. The summed E-state index contributed by atoms with van der Waals surface area (Å²) in [4.78, 5) is 13.2. The number of ether oxygens (including phenoxy) is 1. The summed E-state index contributed by atoms with van der Waals surface area (Å²) in [5.74, 6) is -0.341. The molecule has 28 heavy (non-hydrogen) atoms. The topological polar surface area (TPSA) is 64.3 Å². The van der Waals surface area contributed by atoms with Crippen molar-refractivity contribution in [2.45, 2.75) is 36.8 Å². The third kappa shape index (κ3) is 3.91. The molecule has 0 radical (unpaired) electrons. The maximum Gasteiger partial charge on any atom is 0.417 e. The lowest BCUT2D eigenvalue weighted by molar-refractivity contribution is -0.139. The SMILES string of the molecule is COCCSc1c(C(F)(F)F)ccc(C(=O)c2c(C3CC3)nn(C)c2O)c1C. The van der Waals surface area contributed by atoms with Crippen molar-refractivity contribution in [3.63, 3.8) is 0 Å². The van der Waals surface area contributed by atoms with Crippen molar-refractivity contribution in [2.75, 3.05) is 19.5 Å². The van der Waals surface area contributed by atoms with Crippen LogP contribution in [0.4, 0.5) is 13.2 Å². The Hall–Kier alpha value is -2.00. The highest BCUT2D eigenvalue weighted by Crippen LogP contribution is 2.44. The van der Waals surface area contributed by atoms with E-state index in [2.05, 4.69) is 5.10 Å². The molecule has 0 saturated heterocycles. The van der Waals surface area contributed by atoms with Crippen LogP contribution in [0, 0.1) is 6.92 Å². The van der Waals surface area contributed by atoms with Crippen molar-refractivity contribution in [3.05, 3.63) is 40.1 Å². The van der Waals surface area contributed by atoms with Crippen molar-refractivity contribution < 1.29 is 27.8 Å². The summed E-state index contributed by atoms with van der Waals surface area (Å²) >= 11 is 1.00. The van der Waals surface area contributed by atoms with Crippen LogP contribution in [0.3, 0.4) is 0 Å². The zero-order valence-electron chi connectivity index (χ0n) is 15.8. The number of thioether (sulfide) groups is 1. The van der Waals surface area contributed by atoms with Gasteiger partial charge in [-0.1, -0.05) is 6.07 Å². The number of ketones is 1. The summed E-state index contributed by atoms with van der Waals surface area (Å²) in [6.07, 6.45) is -2.78. The molecule has 152 valence electrons. The van der Waals surface area contributed by atoms with E-state index >= 15 is 0 Å². The van der Waals surface area contributed by atoms with Crippen LogP contribution < -0.4 is 0 Å². The first kappa shape index (κ1) is 20.7. The number of methoxy groups -OCH3 is 1. The smallest absolute Gasteiger partial charge is 0.417 e. The van der Waals surface area contributed by atoms with Gasteiger partial charge < -0.3 is 9.84 Å². The average Bonchev–Trinajstić information content (AvgIpc) is 3.41. The number of carbonyl (C=O) groups excluding carboxylic acids is 1. The molecule has 0 bridgehead atoms. The Morgan fingerprint density at radius 1 is 1.39 bits per heavy atom. The van der Waals surface area contributed by atoms with Gasteiger partial charge in [0.25, 0.3) is 0 Å². The number of hydrogen-bond donors (Lipinski definition) is 1. The highest BCUT2D eigenvalue weighted by molar-refractivity contribution is 7.99. The summed E-state index contributed by atoms with van der Waals surface area (Å²) in [6.45, 7) is 1.79. The van der Waals surface area contributed by atoms with Crippen LogP contribution in [0.5, 0.6) is 5.88 Å². The van der Waals surface area contributed by atoms with E-state index in [0.717, 1.165) is 30.7 Å². The predicted octanol–water partition coefficient (Wildman–Crippen LogP) is 4.30. The molecular weight excluding hydrogens is 393 g/mol. The van der Waals surface area contributed by atoms with E-state index in [9.17, 15) is 23.1 Å². The number of benzene rings is 1. The molecule has 1 aromatic heterocycles. The fourth-order valence-corrected chi connectivity index (χ4v) is 4.22. The highest BCUT2D eigenvalue weighted by Gasteiger charge is 2.37. The molecule has 0 atom stereocenters. The van der Waals surface area contributed by atoms with Crippen molar-refractivity contribution in [1.29, 1.82) is 0 Å². The van der Waals surface area contributed by atoms with E-state index < -0.39 is 17.5 Å². The summed E-state index contributed by atoms with van der Waals surface area (Å²) in [7, 11) is 3.01. The fourth-order valence-electron chi connectivity index (χ4n) is 3.10. The third-order valence-corrected chi connectivity index (χ3v) is 5.91. The molecule has 0 unspecified atom stereocenters. The molecule has 1 saturated carbocycles. The molecule has 3 rings (SSSR count). The normalized spacial score (nSPS) is 14.5. The molecule has 1 fully saturated rings. The van der Waals surface area contributed by atoms with Gasteiger partial charge in [-0.2, -0.15) is 18.3 Å². The van der Waals surface area contributed by atoms with Crippen LogP contribution in [0.25, 0.3) is 0 Å². The second-order valence-electron chi connectivity index (χ2n) is 6.76. The van der Waals surface area contributed by atoms with Crippen LogP contribution >= 0.6 is 11.8 Å². The third-order valence-electron chi connectivity index (χ3n) is 4.72. The maximum absolute atomic E-state index is 13.5. The Morgan fingerprint density at radius 2 is 2.07 bits per heavy atom. The second-order valence-corrected chi connectivity index (χ2v) is 7.87. The van der Waals surface area contributed by atoms with Gasteiger partial charge in [-0.3, -0.25) is 4.79 Å². The number of carbonyl (C=O) groups is 1. The Kier molecular flexibility index (Phi) is 5.77. The lowest BCUT2D eigenvalue weighted by Gasteiger charge is -2.17. The first-order valence-corrected chi connectivity index (χ1v) is 9.78. The van der Waals surface area contributed by atoms with Crippen molar-refractivity contribution in [2.24, 2.45) is 7.05 Å². The molecule has 1 N–H and O–H groups in total. The van der Waals surface area contributed by atoms with Gasteiger partial charge in [-0.15, -0.1) is 11.8 Å². The molecule has 9 heteroatoms. The summed E-state index contributed by atoms with van der Waals surface area (Å²) in [5, 5.41) is 14.6. The molecule has 1 aromatic carbocycles. The summed E-state index contributed by atoms with van der Waals surface area (Å²) in [6, 6.07) is 2.11. The van der Waals surface area contributed by atoms with Crippen molar-refractivity contribution >= 4 is 17.5 Å². The van der Waals surface area contributed by atoms with E-state index in [1.54, 1.807) is 0 Å². The van der Waals surface area contributed by atoms with Crippen LogP contribution in [0.2, 0.25) is 0 Å². The van der Waals surface area contributed by atoms with Crippen molar-refractivity contribution in [3.8, 4) is 5.88 Å². The van der Waals surface area contributed by atoms with E-state index in [1.807, 2.05) is 0 Å². The van der Waals surface area contributed by atoms with Gasteiger partial charge in [0, 0.05) is 36.3 Å². The predicted molar refractivity (Wildman–Crippen MR) is 99.1 cm³/mol. The van der Waals surface area contributed by atoms with Gasteiger partial charge in [-0.25, -0.2) is 4.68 Å². The number of halogens is 3. The monoisotopic (exact) mass is 414 g/mol. The molecule has 1 aliphatic carbocycles. The Labute approximate surface area is 164 Å². The first-order valence-electron chi connectivity index (χ1n) is 8.79. The number of hydrogen-bond acceptors (Lipinski definition) is 5. The number of rotatable bonds is 7. The minimum Gasteiger partial charge on any atom is -0.493 e. The molecular formula is C19H21F3N2O3S. The van der Waals surface area contributed by atoms with Crippen LogP contribution in [0.1, 0.15) is 51.5 Å². The largest absolute Gasteiger partial charge is 0.493 e. The standard InChI is InChI=1S/C19H21F3N2O3S/c1-10-12(6-7-13(19(20,21)22)17(10)28-9-8-27-3)16(25)14-15(11-4-5-11)23-24(2)18(14)26/h6-7,11,26H,4-5,8-9H2,1-3H3. The molecule has 5 nitrogen and oxygen atoms in total. The van der Waals surface area contributed by atoms with Gasteiger partial charge in [0.1, 0.15) is 5.56 Å². The van der Waals surface area contributed by atoms with E-state index in [0.29, 0.717) is 11.4 Å². The molecule has 1 heterocycles. The van der Waals surface area contributed by atoms with Gasteiger partial charge in [-0.05, 0) is 31.4 Å². The Morgan fingerprint density at radius 3 is 2.64 bits per heavy atom. The average molecular weight is 414 g/mol. The number of alkyl halides is 3. The van der Waals surface area contributed by atoms with E-state index in [4.69, 9.17) is 4.74 Å². The minimum absolute atomic E-state index is 0.00625. The zero-order valence-corrected chi connectivity index (χ0v) is 16.6. The van der Waals surface area contributed by atoms with Crippen LogP contribution in [0.15, 0.2) is 17.0 Å². The lowest BCUT2D eigenvalue weighted by Crippen LogP contribution is -2.13. The van der Waals surface area contributed by atoms with E-state index in [-0.39, 0.29) is 40.0 Å².